The lowest BCUT2D eigenvalue weighted by molar-refractivity contribution is -0.144. The average Bonchev–Trinajstić information content (AvgIpc) is 2.62. The molecule has 1 unspecified atom stereocenters. The molecule has 1 aliphatic heterocycles. The van der Waals surface area contributed by atoms with Crippen LogP contribution in [0.15, 0.2) is 0 Å². The second kappa shape index (κ2) is 4.91. The molecule has 1 rings (SSSR count). The summed E-state index contributed by atoms with van der Waals surface area (Å²) < 4.78 is 50.9. The summed E-state index contributed by atoms with van der Waals surface area (Å²) in [7, 11) is -6.23. The predicted octanol–water partition coefficient (Wildman–Crippen LogP) is -1.19. The van der Waals surface area contributed by atoms with Gasteiger partial charge in [-0.3, -0.25) is 4.79 Å². The van der Waals surface area contributed by atoms with Gasteiger partial charge in [-0.15, -0.1) is 0 Å². The van der Waals surface area contributed by atoms with Crippen molar-refractivity contribution in [3.05, 3.63) is 0 Å². The zero-order valence-corrected chi connectivity index (χ0v) is 11.3. The number of sulfone groups is 1. The molecule has 0 saturated carbocycles. The molecule has 100 valence electrons. The van der Waals surface area contributed by atoms with Crippen molar-refractivity contribution in [3.8, 4) is 0 Å². The van der Waals surface area contributed by atoms with Crippen molar-refractivity contribution >= 4 is 25.8 Å². The third-order valence-corrected chi connectivity index (χ3v) is 6.46. The Morgan fingerprint density at radius 2 is 1.94 bits per heavy atom. The van der Waals surface area contributed by atoms with Gasteiger partial charge in [0.2, 0.25) is 10.0 Å². The number of hydrogen-bond acceptors (Lipinski definition) is 6. The van der Waals surface area contributed by atoms with Gasteiger partial charge in [-0.1, -0.05) is 0 Å². The Morgan fingerprint density at radius 3 is 2.41 bits per heavy atom. The van der Waals surface area contributed by atoms with Gasteiger partial charge in [0.1, 0.15) is 0 Å². The van der Waals surface area contributed by atoms with E-state index in [0.29, 0.717) is 6.42 Å². The monoisotopic (exact) mass is 285 g/mol. The number of methoxy groups -OCH3 is 1. The van der Waals surface area contributed by atoms with E-state index in [9.17, 15) is 21.6 Å². The van der Waals surface area contributed by atoms with Crippen molar-refractivity contribution in [1.82, 2.24) is 4.31 Å². The highest BCUT2D eigenvalue weighted by Crippen LogP contribution is 2.21. The first-order chi connectivity index (χ1) is 7.65. The maximum absolute atomic E-state index is 11.7. The SMILES string of the molecule is COC(=O)C1CCN(S(=O)(=O)CS(C)(=O)=O)C1. The van der Waals surface area contributed by atoms with Gasteiger partial charge in [-0.25, -0.2) is 21.1 Å². The summed E-state index contributed by atoms with van der Waals surface area (Å²) in [6, 6.07) is 0. The van der Waals surface area contributed by atoms with Crippen LogP contribution in [0.3, 0.4) is 0 Å². The largest absolute Gasteiger partial charge is 0.469 e. The van der Waals surface area contributed by atoms with E-state index in [2.05, 4.69) is 4.74 Å². The molecule has 17 heavy (non-hydrogen) atoms. The fourth-order valence-corrected chi connectivity index (χ4v) is 5.24. The number of hydrogen-bond donors (Lipinski definition) is 0. The molecule has 0 aliphatic carbocycles. The smallest absolute Gasteiger partial charge is 0.310 e. The molecule has 9 heteroatoms. The molecule has 1 aliphatic rings. The zero-order valence-electron chi connectivity index (χ0n) is 9.62. The van der Waals surface area contributed by atoms with Crippen molar-refractivity contribution in [3.63, 3.8) is 0 Å². The normalized spacial score (nSPS) is 22.6. The molecule has 0 aromatic carbocycles. The van der Waals surface area contributed by atoms with E-state index >= 15 is 0 Å². The van der Waals surface area contributed by atoms with Crippen LogP contribution in [0.25, 0.3) is 0 Å². The fourth-order valence-electron chi connectivity index (χ4n) is 1.68. The quantitative estimate of drug-likeness (QED) is 0.603. The molecule has 0 radical (unpaired) electrons. The number of sulfonamides is 1. The zero-order chi connectivity index (χ0) is 13.3. The third kappa shape index (κ3) is 3.93. The third-order valence-electron chi connectivity index (χ3n) is 2.44. The van der Waals surface area contributed by atoms with Gasteiger partial charge >= 0.3 is 5.97 Å². The van der Waals surface area contributed by atoms with Crippen LogP contribution in [0.2, 0.25) is 0 Å². The highest BCUT2D eigenvalue weighted by atomic mass is 32.3. The highest BCUT2D eigenvalue weighted by molar-refractivity contribution is 8.06. The van der Waals surface area contributed by atoms with Crippen molar-refractivity contribution in [2.24, 2.45) is 5.92 Å². The number of esters is 1. The number of ether oxygens (including phenoxy) is 1. The molecule has 0 aromatic rings. The minimum Gasteiger partial charge on any atom is -0.469 e. The van der Waals surface area contributed by atoms with Gasteiger partial charge < -0.3 is 4.74 Å². The molecular formula is C8H15NO6S2. The topological polar surface area (TPSA) is 97.8 Å². The molecule has 1 fully saturated rings. The molecule has 1 atom stereocenters. The summed E-state index contributed by atoms with van der Waals surface area (Å²) in [5.74, 6) is -0.976. The van der Waals surface area contributed by atoms with Crippen LogP contribution in [0, 0.1) is 5.92 Å². The Bertz CT molecular complexity index is 494. The summed E-state index contributed by atoms with van der Waals surface area (Å²) in [6.07, 6.45) is 1.22. The maximum atomic E-state index is 11.7. The second-order valence-electron chi connectivity index (χ2n) is 4.02. The highest BCUT2D eigenvalue weighted by Gasteiger charge is 2.36. The summed E-state index contributed by atoms with van der Waals surface area (Å²) in [4.78, 5) is 11.2. The number of carbonyl (C=O) groups excluding carboxylic acids is 1. The molecular weight excluding hydrogens is 270 g/mol. The van der Waals surface area contributed by atoms with Crippen molar-refractivity contribution < 1.29 is 26.4 Å². The van der Waals surface area contributed by atoms with E-state index in [1.807, 2.05) is 0 Å². The Hall–Kier alpha value is -0.670. The Labute approximate surface area is 101 Å². The minimum atomic E-state index is -3.85. The molecule has 0 spiro atoms. The molecule has 0 aromatic heterocycles. The summed E-state index contributed by atoms with van der Waals surface area (Å²) in [5.41, 5.74) is 0. The Morgan fingerprint density at radius 1 is 1.35 bits per heavy atom. The standard InChI is InChI=1S/C8H15NO6S2/c1-15-8(10)7-3-4-9(5-7)17(13,14)6-16(2,11)12/h7H,3-6H2,1-2H3. The number of nitrogens with zero attached hydrogens (tertiary/aromatic N) is 1. The summed E-state index contributed by atoms with van der Waals surface area (Å²) >= 11 is 0. The van der Waals surface area contributed by atoms with E-state index in [1.54, 1.807) is 0 Å². The van der Waals surface area contributed by atoms with Crippen molar-refractivity contribution in [2.45, 2.75) is 6.42 Å². The minimum absolute atomic E-state index is 0.00940. The lowest BCUT2D eigenvalue weighted by atomic mass is 10.1. The average molecular weight is 285 g/mol. The van der Waals surface area contributed by atoms with Gasteiger partial charge in [0, 0.05) is 19.3 Å². The number of carbonyl (C=O) groups is 1. The van der Waals surface area contributed by atoms with Crippen LogP contribution in [-0.4, -0.2) is 58.7 Å². The van der Waals surface area contributed by atoms with Gasteiger partial charge in [-0.05, 0) is 6.42 Å². The second-order valence-corrected chi connectivity index (χ2v) is 8.50. The van der Waals surface area contributed by atoms with E-state index in [1.165, 1.54) is 7.11 Å². The van der Waals surface area contributed by atoms with E-state index in [4.69, 9.17) is 0 Å². The first-order valence-corrected chi connectivity index (χ1v) is 8.56. The Balaban J connectivity index is 2.74. The van der Waals surface area contributed by atoms with Gasteiger partial charge in [-0.2, -0.15) is 0 Å². The Kier molecular flexibility index (Phi) is 4.15. The van der Waals surface area contributed by atoms with Crippen LogP contribution in [-0.2, 0) is 29.4 Å². The van der Waals surface area contributed by atoms with Crippen molar-refractivity contribution in [1.29, 1.82) is 0 Å². The lowest BCUT2D eigenvalue weighted by Gasteiger charge is -2.15. The summed E-state index contributed by atoms with van der Waals surface area (Å²) in [5, 5.41) is -0.923. The molecule has 1 saturated heterocycles. The van der Waals surface area contributed by atoms with Crippen LogP contribution in [0.1, 0.15) is 6.42 Å². The molecule has 0 amide bonds. The van der Waals surface area contributed by atoms with Gasteiger partial charge in [0.05, 0.1) is 13.0 Å². The molecule has 0 bridgehead atoms. The van der Waals surface area contributed by atoms with Crippen molar-refractivity contribution in [2.75, 3.05) is 31.5 Å². The molecule has 0 N–H and O–H groups in total. The van der Waals surface area contributed by atoms with Crippen LogP contribution in [0.5, 0.6) is 0 Å². The number of rotatable bonds is 4. The molecule has 7 nitrogen and oxygen atoms in total. The van der Waals surface area contributed by atoms with Crippen LogP contribution >= 0.6 is 0 Å². The van der Waals surface area contributed by atoms with Crippen LogP contribution in [0.4, 0.5) is 0 Å². The van der Waals surface area contributed by atoms with Gasteiger partial charge in [0.15, 0.2) is 14.9 Å². The first-order valence-electron chi connectivity index (χ1n) is 4.89. The van der Waals surface area contributed by atoms with E-state index < -0.39 is 36.8 Å². The maximum Gasteiger partial charge on any atom is 0.310 e. The predicted molar refractivity (Wildman–Crippen MR) is 60.3 cm³/mol. The summed E-state index contributed by atoms with van der Waals surface area (Å²) in [6.45, 7) is 0.141. The van der Waals surface area contributed by atoms with E-state index in [0.717, 1.165) is 10.6 Å². The first kappa shape index (κ1) is 14.4. The fraction of sp³-hybridized carbons (Fsp3) is 0.875. The van der Waals surface area contributed by atoms with E-state index in [-0.39, 0.29) is 13.1 Å². The van der Waals surface area contributed by atoms with Gasteiger partial charge in [0.25, 0.3) is 0 Å². The van der Waals surface area contributed by atoms with Crippen LogP contribution < -0.4 is 0 Å². The lowest BCUT2D eigenvalue weighted by Crippen LogP contribution is -2.34. The molecule has 1 heterocycles.